The molecule has 3 nitrogen and oxygen atoms in total. The molecule has 5 heteroatoms. The van der Waals surface area contributed by atoms with Crippen molar-refractivity contribution in [3.63, 3.8) is 0 Å². The van der Waals surface area contributed by atoms with Crippen molar-refractivity contribution in [3.05, 3.63) is 75.8 Å². The quantitative estimate of drug-likeness (QED) is 0.791. The lowest BCUT2D eigenvalue weighted by molar-refractivity contribution is 1.40. The second-order valence-corrected chi connectivity index (χ2v) is 5.69. The lowest BCUT2D eigenvalue weighted by Gasteiger charge is -2.11. The van der Waals surface area contributed by atoms with Gasteiger partial charge in [-0.05, 0) is 23.8 Å². The maximum atomic E-state index is 9.12. The standard InChI is InChI=1S/C17H12ClN3S/c18-16-9-5-4-6-13(16)12-22-17(14(10-19)11-20)21-15-7-2-1-3-8-15/h1-9,21H,12H2. The van der Waals surface area contributed by atoms with Gasteiger partial charge in [0.1, 0.15) is 17.2 Å². The van der Waals surface area contributed by atoms with E-state index in [4.69, 9.17) is 22.1 Å². The molecule has 1 N–H and O–H groups in total. The molecule has 2 rings (SSSR count). The van der Waals surface area contributed by atoms with Crippen molar-refractivity contribution in [1.82, 2.24) is 0 Å². The molecule has 0 atom stereocenters. The fraction of sp³-hybridized carbons (Fsp3) is 0.0588. The molecule has 0 amide bonds. The zero-order chi connectivity index (χ0) is 15.8. The van der Waals surface area contributed by atoms with E-state index in [2.05, 4.69) is 5.32 Å². The number of hydrogen-bond acceptors (Lipinski definition) is 4. The van der Waals surface area contributed by atoms with E-state index in [9.17, 15) is 0 Å². The molecule has 0 aliphatic heterocycles. The lowest BCUT2D eigenvalue weighted by atomic mass is 10.2. The number of benzene rings is 2. The third-order valence-corrected chi connectivity index (χ3v) is 4.23. The smallest absolute Gasteiger partial charge is 0.159 e. The normalized spacial score (nSPS) is 9.41. The second kappa shape index (κ2) is 8.14. The van der Waals surface area contributed by atoms with Crippen LogP contribution in [-0.2, 0) is 5.75 Å². The van der Waals surface area contributed by atoms with E-state index in [1.807, 2.05) is 66.7 Å². The van der Waals surface area contributed by atoms with Crippen molar-refractivity contribution < 1.29 is 0 Å². The molecule has 0 fully saturated rings. The molecule has 2 aromatic rings. The molecule has 0 bridgehead atoms. The topological polar surface area (TPSA) is 59.6 Å². The van der Waals surface area contributed by atoms with E-state index in [-0.39, 0.29) is 5.57 Å². The summed E-state index contributed by atoms with van der Waals surface area (Å²) in [6.07, 6.45) is 0. The first-order chi connectivity index (χ1) is 10.7. The first-order valence-electron chi connectivity index (χ1n) is 6.47. The van der Waals surface area contributed by atoms with Gasteiger partial charge in [-0.2, -0.15) is 10.5 Å². The molecule has 2 aromatic carbocycles. The van der Waals surface area contributed by atoms with Gasteiger partial charge in [0.2, 0.25) is 0 Å². The van der Waals surface area contributed by atoms with E-state index in [0.29, 0.717) is 15.8 Å². The molecule has 0 heterocycles. The fourth-order valence-corrected chi connectivity index (χ4v) is 2.97. The van der Waals surface area contributed by atoms with Crippen molar-refractivity contribution in [2.24, 2.45) is 0 Å². The van der Waals surface area contributed by atoms with E-state index < -0.39 is 0 Å². The van der Waals surface area contributed by atoms with Crippen LogP contribution in [0.3, 0.4) is 0 Å². The van der Waals surface area contributed by atoms with Crippen LogP contribution in [0, 0.1) is 22.7 Å². The molecule has 108 valence electrons. The summed E-state index contributed by atoms with van der Waals surface area (Å²) < 4.78 is 0. The third kappa shape index (κ3) is 4.30. The number of rotatable bonds is 5. The van der Waals surface area contributed by atoms with Gasteiger partial charge >= 0.3 is 0 Å². The summed E-state index contributed by atoms with van der Waals surface area (Å²) >= 11 is 7.52. The molecule has 0 aromatic heterocycles. The summed E-state index contributed by atoms with van der Waals surface area (Å²) in [7, 11) is 0. The maximum Gasteiger partial charge on any atom is 0.159 e. The predicted molar refractivity (Wildman–Crippen MR) is 91.1 cm³/mol. The number of halogens is 1. The van der Waals surface area contributed by atoms with Gasteiger partial charge in [0.15, 0.2) is 5.57 Å². The van der Waals surface area contributed by atoms with Crippen molar-refractivity contribution in [3.8, 4) is 12.1 Å². The van der Waals surface area contributed by atoms with Gasteiger partial charge in [0, 0.05) is 16.5 Å². The van der Waals surface area contributed by atoms with E-state index in [1.165, 1.54) is 11.8 Å². The van der Waals surface area contributed by atoms with Crippen molar-refractivity contribution in [2.45, 2.75) is 5.75 Å². The first-order valence-corrected chi connectivity index (χ1v) is 7.83. The monoisotopic (exact) mass is 325 g/mol. The minimum atomic E-state index is 0.0564. The molecule has 0 saturated carbocycles. The van der Waals surface area contributed by atoms with Crippen LogP contribution >= 0.6 is 23.4 Å². The summed E-state index contributed by atoms with van der Waals surface area (Å²) in [5.74, 6) is 0.571. The Bertz CT molecular complexity index is 741. The summed E-state index contributed by atoms with van der Waals surface area (Å²) in [6, 6.07) is 20.8. The summed E-state index contributed by atoms with van der Waals surface area (Å²) in [4.78, 5) is 0. The van der Waals surface area contributed by atoms with Crippen LogP contribution in [0.15, 0.2) is 65.2 Å². The van der Waals surface area contributed by atoms with Gasteiger partial charge in [-0.25, -0.2) is 0 Å². The van der Waals surface area contributed by atoms with Crippen molar-refractivity contribution in [2.75, 3.05) is 5.32 Å². The Kier molecular flexibility index (Phi) is 5.91. The van der Waals surface area contributed by atoms with Crippen molar-refractivity contribution in [1.29, 1.82) is 10.5 Å². The summed E-state index contributed by atoms with van der Waals surface area (Å²) in [5, 5.41) is 22.6. The average molecular weight is 326 g/mol. The third-order valence-electron chi connectivity index (χ3n) is 2.81. The Morgan fingerprint density at radius 1 is 1.00 bits per heavy atom. The molecular weight excluding hydrogens is 314 g/mol. The average Bonchev–Trinajstić information content (AvgIpc) is 2.56. The Labute approximate surface area is 138 Å². The highest BCUT2D eigenvalue weighted by atomic mass is 35.5. The number of allylic oxidation sites excluding steroid dienone is 1. The number of nitriles is 2. The van der Waals surface area contributed by atoms with E-state index >= 15 is 0 Å². The minimum absolute atomic E-state index is 0.0564. The molecule has 0 unspecified atom stereocenters. The highest BCUT2D eigenvalue weighted by Gasteiger charge is 2.09. The number of anilines is 1. The van der Waals surface area contributed by atoms with Gasteiger partial charge in [-0.1, -0.05) is 48.0 Å². The van der Waals surface area contributed by atoms with Crippen LogP contribution in [0.1, 0.15) is 5.56 Å². The van der Waals surface area contributed by atoms with Gasteiger partial charge < -0.3 is 5.32 Å². The minimum Gasteiger partial charge on any atom is -0.349 e. The molecule has 0 spiro atoms. The van der Waals surface area contributed by atoms with Crippen LogP contribution in [0.2, 0.25) is 5.02 Å². The highest BCUT2D eigenvalue weighted by Crippen LogP contribution is 2.28. The van der Waals surface area contributed by atoms with E-state index in [0.717, 1.165) is 11.3 Å². The summed E-state index contributed by atoms with van der Waals surface area (Å²) in [5.41, 5.74) is 1.84. The Morgan fingerprint density at radius 2 is 1.64 bits per heavy atom. The summed E-state index contributed by atoms with van der Waals surface area (Å²) in [6.45, 7) is 0. The molecule has 22 heavy (non-hydrogen) atoms. The Balaban J connectivity index is 2.20. The Morgan fingerprint density at radius 3 is 2.27 bits per heavy atom. The molecule has 0 saturated heterocycles. The Hall–Kier alpha value is -2.40. The van der Waals surface area contributed by atoms with Crippen LogP contribution in [0.4, 0.5) is 5.69 Å². The van der Waals surface area contributed by atoms with Crippen molar-refractivity contribution >= 4 is 29.1 Å². The maximum absolute atomic E-state index is 9.12. The second-order valence-electron chi connectivity index (χ2n) is 4.30. The largest absolute Gasteiger partial charge is 0.349 e. The highest BCUT2D eigenvalue weighted by molar-refractivity contribution is 8.02. The van der Waals surface area contributed by atoms with Gasteiger partial charge in [-0.3, -0.25) is 0 Å². The lowest BCUT2D eigenvalue weighted by Crippen LogP contribution is -2.00. The zero-order valence-electron chi connectivity index (χ0n) is 11.6. The van der Waals surface area contributed by atoms with E-state index in [1.54, 1.807) is 0 Å². The van der Waals surface area contributed by atoms with Crippen LogP contribution in [0.25, 0.3) is 0 Å². The number of nitrogens with zero attached hydrogens (tertiary/aromatic N) is 2. The van der Waals surface area contributed by atoms with Gasteiger partial charge in [-0.15, -0.1) is 11.8 Å². The zero-order valence-corrected chi connectivity index (χ0v) is 13.2. The predicted octanol–water partition coefficient (Wildman–Crippen LogP) is 4.94. The van der Waals surface area contributed by atoms with Crippen LogP contribution < -0.4 is 5.32 Å². The first kappa shape index (κ1) is 16.0. The number of thioether (sulfide) groups is 1. The molecule has 0 aliphatic carbocycles. The molecule has 0 aliphatic rings. The van der Waals surface area contributed by atoms with Gasteiger partial charge in [0.05, 0.1) is 0 Å². The van der Waals surface area contributed by atoms with Crippen LogP contribution in [-0.4, -0.2) is 0 Å². The molecule has 0 radical (unpaired) electrons. The number of hydrogen-bond donors (Lipinski definition) is 1. The number of nitrogens with one attached hydrogen (secondary N) is 1. The van der Waals surface area contributed by atoms with Crippen LogP contribution in [0.5, 0.6) is 0 Å². The molecular formula is C17H12ClN3S. The van der Waals surface area contributed by atoms with Gasteiger partial charge in [0.25, 0.3) is 0 Å². The fourth-order valence-electron chi connectivity index (χ4n) is 1.72. The SMILES string of the molecule is N#CC(C#N)=C(Nc1ccccc1)SCc1ccccc1Cl. The number of para-hydroxylation sites is 1.